The summed E-state index contributed by atoms with van der Waals surface area (Å²) in [6.07, 6.45) is 3.55. The summed E-state index contributed by atoms with van der Waals surface area (Å²) in [5.41, 5.74) is 8.53. The Kier molecular flexibility index (Phi) is 4.55. The molecule has 2 unspecified atom stereocenters. The molecule has 0 saturated heterocycles. The Bertz CT molecular complexity index is 893. The van der Waals surface area contributed by atoms with E-state index in [1.807, 2.05) is 12.1 Å². The van der Waals surface area contributed by atoms with Crippen LogP contribution in [0.5, 0.6) is 5.75 Å². The highest BCUT2D eigenvalue weighted by Crippen LogP contribution is 2.46. The first-order chi connectivity index (χ1) is 12.6. The zero-order valence-corrected chi connectivity index (χ0v) is 15.6. The van der Waals surface area contributed by atoms with Crippen LogP contribution in [-0.2, 0) is 6.42 Å². The van der Waals surface area contributed by atoms with E-state index in [2.05, 4.69) is 68.4 Å². The lowest BCUT2D eigenvalue weighted by Crippen LogP contribution is -2.13. The number of phenols is 1. The highest BCUT2D eigenvalue weighted by atomic mass is 16.3. The minimum absolute atomic E-state index is 0.329. The molecule has 2 atom stereocenters. The number of fused-ring (bicyclic) bond motifs is 1. The van der Waals surface area contributed by atoms with Crippen LogP contribution in [-0.4, -0.2) is 5.11 Å². The molecule has 0 spiro atoms. The zero-order chi connectivity index (χ0) is 18.1. The van der Waals surface area contributed by atoms with Crippen molar-refractivity contribution < 1.29 is 5.11 Å². The summed E-state index contributed by atoms with van der Waals surface area (Å²) in [6, 6.07) is 23.4. The number of benzene rings is 3. The third-order valence-electron chi connectivity index (χ3n) is 6.06. The summed E-state index contributed by atoms with van der Waals surface area (Å²) in [6.45, 7) is 4.48. The second kappa shape index (κ2) is 6.99. The molecule has 132 valence electrons. The molecule has 1 nitrogen and oxygen atoms in total. The van der Waals surface area contributed by atoms with Crippen molar-refractivity contribution in [2.24, 2.45) is 0 Å². The van der Waals surface area contributed by atoms with Gasteiger partial charge in [0.2, 0.25) is 0 Å². The van der Waals surface area contributed by atoms with Crippen molar-refractivity contribution >= 4 is 0 Å². The summed E-state index contributed by atoms with van der Waals surface area (Å²) in [4.78, 5) is 0. The lowest BCUT2D eigenvalue weighted by molar-refractivity contribution is 0.474. The Labute approximate surface area is 156 Å². The maximum Gasteiger partial charge on any atom is 0.115 e. The molecule has 0 fully saturated rings. The first-order valence-electron chi connectivity index (χ1n) is 9.58. The van der Waals surface area contributed by atoms with E-state index < -0.39 is 0 Å². The van der Waals surface area contributed by atoms with Crippen molar-refractivity contribution in [1.29, 1.82) is 0 Å². The smallest absolute Gasteiger partial charge is 0.115 e. The van der Waals surface area contributed by atoms with Crippen LogP contribution in [0.15, 0.2) is 66.7 Å². The number of aryl methyl sites for hydroxylation is 1. The molecular weight excluding hydrogens is 316 g/mol. The van der Waals surface area contributed by atoms with E-state index in [9.17, 15) is 5.11 Å². The molecule has 1 N–H and O–H groups in total. The van der Waals surface area contributed by atoms with Crippen LogP contribution in [0.4, 0.5) is 0 Å². The van der Waals surface area contributed by atoms with Gasteiger partial charge in [0.25, 0.3) is 0 Å². The molecule has 26 heavy (non-hydrogen) atoms. The molecule has 1 aliphatic carbocycles. The second-order valence-electron chi connectivity index (χ2n) is 7.55. The molecule has 1 heteroatoms. The van der Waals surface area contributed by atoms with Crippen LogP contribution in [0.25, 0.3) is 0 Å². The fourth-order valence-electron chi connectivity index (χ4n) is 4.55. The molecule has 0 heterocycles. The summed E-state index contributed by atoms with van der Waals surface area (Å²) in [5.74, 6) is 1.12. The molecular formula is C25H26O. The Morgan fingerprint density at radius 3 is 2.27 bits per heavy atom. The van der Waals surface area contributed by atoms with Crippen molar-refractivity contribution in [2.75, 3.05) is 0 Å². The van der Waals surface area contributed by atoms with E-state index in [4.69, 9.17) is 0 Å². The zero-order valence-electron chi connectivity index (χ0n) is 15.6. The molecule has 1 aliphatic rings. The fraction of sp³-hybridized carbons (Fsp3) is 0.280. The molecule has 0 saturated carbocycles. The van der Waals surface area contributed by atoms with Gasteiger partial charge in [0, 0.05) is 5.92 Å². The van der Waals surface area contributed by atoms with Crippen molar-refractivity contribution in [3.8, 4) is 5.75 Å². The van der Waals surface area contributed by atoms with Gasteiger partial charge >= 0.3 is 0 Å². The van der Waals surface area contributed by atoms with Crippen molar-refractivity contribution in [1.82, 2.24) is 0 Å². The van der Waals surface area contributed by atoms with Gasteiger partial charge < -0.3 is 5.11 Å². The van der Waals surface area contributed by atoms with Gasteiger partial charge in [-0.05, 0) is 84.5 Å². The molecule has 0 aliphatic heterocycles. The van der Waals surface area contributed by atoms with Gasteiger partial charge in [-0.25, -0.2) is 0 Å². The molecule has 0 bridgehead atoms. The number of hydrogen-bond acceptors (Lipinski definition) is 1. The predicted octanol–water partition coefficient (Wildman–Crippen LogP) is 6.26. The quantitative estimate of drug-likeness (QED) is 0.545. The second-order valence-corrected chi connectivity index (χ2v) is 7.55. The number of phenolic OH excluding ortho intramolecular Hbond substituents is 1. The Balaban J connectivity index is 1.92. The standard InChI is InChI=1S/C25H26O/c1-17-11-16-24-22(18(17)2)9-6-10-23(19-7-4-3-5-8-19)25(24)20-12-14-21(26)15-13-20/h3-5,7-8,11-16,23,25-26H,6,9-10H2,1-2H3. The Hall–Kier alpha value is -2.54. The van der Waals surface area contributed by atoms with Gasteiger partial charge in [0.05, 0.1) is 0 Å². The molecule has 0 amide bonds. The summed E-state index contributed by atoms with van der Waals surface area (Å²) < 4.78 is 0. The molecule has 0 aromatic heterocycles. The Morgan fingerprint density at radius 2 is 1.54 bits per heavy atom. The lowest BCUT2D eigenvalue weighted by atomic mass is 9.75. The molecule has 3 aromatic carbocycles. The summed E-state index contributed by atoms with van der Waals surface area (Å²) in [5, 5.41) is 9.77. The largest absolute Gasteiger partial charge is 0.508 e. The van der Waals surface area contributed by atoms with E-state index in [-0.39, 0.29) is 0 Å². The maximum atomic E-state index is 9.77. The normalized spacial score (nSPS) is 19.6. The van der Waals surface area contributed by atoms with Crippen LogP contribution in [0, 0.1) is 13.8 Å². The fourth-order valence-corrected chi connectivity index (χ4v) is 4.55. The van der Waals surface area contributed by atoms with Crippen molar-refractivity contribution in [3.63, 3.8) is 0 Å². The van der Waals surface area contributed by atoms with E-state index in [1.54, 1.807) is 0 Å². The summed E-state index contributed by atoms with van der Waals surface area (Å²) in [7, 11) is 0. The van der Waals surface area contributed by atoms with E-state index in [1.165, 1.54) is 46.2 Å². The van der Waals surface area contributed by atoms with Crippen LogP contribution < -0.4 is 0 Å². The minimum atomic E-state index is 0.329. The molecule has 3 aromatic rings. The average molecular weight is 342 g/mol. The van der Waals surface area contributed by atoms with Crippen LogP contribution in [0.3, 0.4) is 0 Å². The number of aromatic hydroxyl groups is 1. The van der Waals surface area contributed by atoms with E-state index in [0.717, 1.165) is 6.42 Å². The number of hydrogen-bond donors (Lipinski definition) is 1. The minimum Gasteiger partial charge on any atom is -0.508 e. The van der Waals surface area contributed by atoms with E-state index >= 15 is 0 Å². The van der Waals surface area contributed by atoms with Crippen molar-refractivity contribution in [3.05, 3.63) is 100 Å². The first-order valence-corrected chi connectivity index (χ1v) is 9.58. The van der Waals surface area contributed by atoms with Crippen molar-refractivity contribution in [2.45, 2.75) is 44.9 Å². The van der Waals surface area contributed by atoms with Crippen LogP contribution in [0.2, 0.25) is 0 Å². The van der Waals surface area contributed by atoms with Gasteiger partial charge in [0.1, 0.15) is 5.75 Å². The predicted molar refractivity (Wildman–Crippen MR) is 108 cm³/mol. The average Bonchev–Trinajstić information content (AvgIpc) is 2.86. The van der Waals surface area contributed by atoms with Crippen LogP contribution in [0.1, 0.15) is 58.1 Å². The topological polar surface area (TPSA) is 20.2 Å². The summed E-state index contributed by atoms with van der Waals surface area (Å²) >= 11 is 0. The first kappa shape index (κ1) is 16.9. The highest BCUT2D eigenvalue weighted by Gasteiger charge is 2.31. The number of rotatable bonds is 2. The van der Waals surface area contributed by atoms with Gasteiger partial charge in [-0.2, -0.15) is 0 Å². The monoisotopic (exact) mass is 342 g/mol. The third-order valence-corrected chi connectivity index (χ3v) is 6.06. The molecule has 4 rings (SSSR count). The van der Waals surface area contributed by atoms with Gasteiger partial charge in [-0.1, -0.05) is 54.6 Å². The van der Waals surface area contributed by atoms with Crippen LogP contribution >= 0.6 is 0 Å². The highest BCUT2D eigenvalue weighted by molar-refractivity contribution is 5.49. The van der Waals surface area contributed by atoms with Gasteiger partial charge in [-0.15, -0.1) is 0 Å². The Morgan fingerprint density at radius 1 is 0.808 bits per heavy atom. The molecule has 0 radical (unpaired) electrons. The third kappa shape index (κ3) is 3.03. The van der Waals surface area contributed by atoms with E-state index in [0.29, 0.717) is 17.6 Å². The lowest BCUT2D eigenvalue weighted by Gasteiger charge is -2.28. The maximum absolute atomic E-state index is 9.77. The van der Waals surface area contributed by atoms with Gasteiger partial charge in [-0.3, -0.25) is 0 Å². The van der Waals surface area contributed by atoms with Gasteiger partial charge in [0.15, 0.2) is 0 Å². The SMILES string of the molecule is Cc1ccc2c(c1C)CCCC(c1ccccc1)C2c1ccc(O)cc1.